The number of aliphatic hydroxyl groups is 11. The van der Waals surface area contributed by atoms with Gasteiger partial charge in [-0.3, -0.25) is 4.79 Å². The number of amides is 1. The molecule has 3 fully saturated rings. The largest absolute Gasteiger partial charge is 0.394 e. The van der Waals surface area contributed by atoms with Crippen LogP contribution in [0.2, 0.25) is 0 Å². The van der Waals surface area contributed by atoms with Gasteiger partial charge < -0.3 is 89.9 Å². The molecule has 0 spiro atoms. The van der Waals surface area contributed by atoms with Crippen molar-refractivity contribution >= 4 is 5.91 Å². The molecule has 0 aromatic heterocycles. The van der Waals surface area contributed by atoms with E-state index in [4.69, 9.17) is 28.4 Å². The number of hydrogen-bond acceptors (Lipinski definition) is 18. The Bertz CT molecular complexity index is 1410. The van der Waals surface area contributed by atoms with Crippen molar-refractivity contribution < 1.29 is 89.4 Å². The topological polar surface area (TPSA) is 307 Å². The normalized spacial score (nSPS) is 31.5. The lowest BCUT2D eigenvalue weighted by Crippen LogP contribution is -2.66. The van der Waals surface area contributed by atoms with Gasteiger partial charge in [0.15, 0.2) is 18.9 Å². The number of unbranched alkanes of at least 4 members (excludes halogenated alkanes) is 24. The molecule has 0 bridgehead atoms. The van der Waals surface area contributed by atoms with E-state index >= 15 is 0 Å². The Labute approximate surface area is 442 Å². The molecule has 19 nitrogen and oxygen atoms in total. The predicted octanol–water partition coefficient (Wildman–Crippen LogP) is 4.21. The van der Waals surface area contributed by atoms with Gasteiger partial charge in [-0.15, -0.1) is 0 Å². The highest BCUT2D eigenvalue weighted by molar-refractivity contribution is 5.76. The van der Waals surface area contributed by atoms with Crippen LogP contribution < -0.4 is 5.32 Å². The van der Waals surface area contributed by atoms with E-state index in [0.29, 0.717) is 12.8 Å². The highest BCUT2D eigenvalue weighted by Crippen LogP contribution is 2.33. The molecule has 3 rings (SSSR count). The molecule has 17 unspecified atom stereocenters. The fraction of sp³-hybridized carbons (Fsp3) is 0.945. The van der Waals surface area contributed by atoms with Gasteiger partial charge in [-0.2, -0.15) is 0 Å². The zero-order chi connectivity index (χ0) is 54.1. The van der Waals surface area contributed by atoms with Crippen molar-refractivity contribution in [3.8, 4) is 0 Å². The standard InChI is InChI=1S/C55H103NO18/c1-3-5-7-9-11-13-15-17-18-19-21-22-24-26-28-30-32-39(60)38(56-43(61)33-31-29-27-25-23-20-16-14-12-10-8-6-4-2)37-69-53-49(67)46(64)51(41(35-58)71-53)74-55-50(68)47(65)52(42(36-59)72-55)73-54-48(66)45(63)44(62)40(34-57)70-54/h14,16,38-42,44-55,57-60,62-68H,3-13,15,17-37H2,1-2H3,(H,56,61)/b16-14-. The third-order valence-electron chi connectivity index (χ3n) is 14.8. The summed E-state index contributed by atoms with van der Waals surface area (Å²) in [6.07, 6.45) is 10.1. The highest BCUT2D eigenvalue weighted by atomic mass is 16.8. The zero-order valence-corrected chi connectivity index (χ0v) is 45.1. The van der Waals surface area contributed by atoms with E-state index < -0.39 is 124 Å². The number of carbonyl (C=O) groups excluding carboxylic acids is 1. The van der Waals surface area contributed by atoms with E-state index in [0.717, 1.165) is 64.2 Å². The van der Waals surface area contributed by atoms with Crippen LogP contribution in [0, 0.1) is 0 Å². The Morgan fingerprint density at radius 1 is 0.473 bits per heavy atom. The van der Waals surface area contributed by atoms with Crippen LogP contribution in [0.4, 0.5) is 0 Å². The smallest absolute Gasteiger partial charge is 0.220 e. The van der Waals surface area contributed by atoms with Crippen molar-refractivity contribution in [1.82, 2.24) is 5.32 Å². The lowest BCUT2D eigenvalue weighted by Gasteiger charge is -2.48. The third-order valence-corrected chi connectivity index (χ3v) is 14.8. The third kappa shape index (κ3) is 24.3. The van der Waals surface area contributed by atoms with Gasteiger partial charge in [0.1, 0.15) is 73.2 Å². The fourth-order valence-electron chi connectivity index (χ4n) is 10.0. The van der Waals surface area contributed by atoms with Crippen LogP contribution in [0.5, 0.6) is 0 Å². The minimum Gasteiger partial charge on any atom is -0.394 e. The molecule has 3 heterocycles. The van der Waals surface area contributed by atoms with Gasteiger partial charge in [0, 0.05) is 6.42 Å². The van der Waals surface area contributed by atoms with Crippen LogP contribution in [0.25, 0.3) is 0 Å². The summed E-state index contributed by atoms with van der Waals surface area (Å²) in [6.45, 7) is 1.76. The maximum Gasteiger partial charge on any atom is 0.220 e. The molecule has 3 aliphatic rings. The quantitative estimate of drug-likeness (QED) is 0.0301. The Morgan fingerprint density at radius 3 is 1.32 bits per heavy atom. The summed E-state index contributed by atoms with van der Waals surface area (Å²) in [5, 5.41) is 120. The minimum atomic E-state index is -1.97. The van der Waals surface area contributed by atoms with Crippen LogP contribution in [-0.2, 0) is 33.2 Å². The van der Waals surface area contributed by atoms with Crippen molar-refractivity contribution in [2.24, 2.45) is 0 Å². The Kier molecular flexibility index (Phi) is 35.9. The Morgan fingerprint density at radius 2 is 0.851 bits per heavy atom. The molecular weight excluding hydrogens is 963 g/mol. The molecule has 0 saturated carbocycles. The summed E-state index contributed by atoms with van der Waals surface area (Å²) < 4.78 is 34.2. The summed E-state index contributed by atoms with van der Waals surface area (Å²) in [4.78, 5) is 13.3. The van der Waals surface area contributed by atoms with Crippen molar-refractivity contribution in [3.63, 3.8) is 0 Å². The minimum absolute atomic E-state index is 0.252. The first kappa shape index (κ1) is 66.8. The van der Waals surface area contributed by atoms with Crippen molar-refractivity contribution in [3.05, 3.63) is 12.2 Å². The van der Waals surface area contributed by atoms with Crippen LogP contribution in [-0.4, -0.2) is 193 Å². The predicted molar refractivity (Wildman–Crippen MR) is 277 cm³/mol. The number of hydrogen-bond donors (Lipinski definition) is 12. The fourth-order valence-corrected chi connectivity index (χ4v) is 10.0. The molecule has 0 aromatic carbocycles. The highest BCUT2D eigenvalue weighted by Gasteiger charge is 2.53. The first-order valence-electron chi connectivity index (χ1n) is 28.9. The molecule has 12 N–H and O–H groups in total. The SMILES string of the molecule is CCCCCC/C=C\CCCCCCCC(=O)NC(COC1OC(CO)C(OC2OC(CO)C(OC3OC(CO)C(O)C(O)C3O)C(O)C2O)C(O)C1O)C(O)CCCCCCCCCCCCCCCCCC. The van der Waals surface area contributed by atoms with Crippen LogP contribution in [0.15, 0.2) is 12.2 Å². The summed E-state index contributed by atoms with van der Waals surface area (Å²) in [7, 11) is 0. The van der Waals surface area contributed by atoms with E-state index in [1.165, 1.54) is 103 Å². The van der Waals surface area contributed by atoms with Gasteiger partial charge in [-0.25, -0.2) is 0 Å². The lowest BCUT2D eigenvalue weighted by molar-refractivity contribution is -0.379. The van der Waals surface area contributed by atoms with E-state index in [9.17, 15) is 61.0 Å². The molecule has 0 aromatic rings. The monoisotopic (exact) mass is 1070 g/mol. The van der Waals surface area contributed by atoms with Crippen LogP contribution in [0.3, 0.4) is 0 Å². The lowest BCUT2D eigenvalue weighted by atomic mass is 9.96. The second kappa shape index (κ2) is 39.8. The van der Waals surface area contributed by atoms with Crippen LogP contribution >= 0.6 is 0 Å². The van der Waals surface area contributed by atoms with Gasteiger partial charge in [0.25, 0.3) is 0 Å². The summed E-state index contributed by atoms with van der Waals surface area (Å²) >= 11 is 0. The number of rotatable bonds is 42. The molecule has 3 aliphatic heterocycles. The maximum atomic E-state index is 13.3. The average molecular weight is 1070 g/mol. The van der Waals surface area contributed by atoms with Crippen molar-refractivity contribution in [2.45, 2.75) is 304 Å². The molecule has 0 aliphatic carbocycles. The second-order valence-corrected chi connectivity index (χ2v) is 21.1. The van der Waals surface area contributed by atoms with Crippen molar-refractivity contribution in [1.29, 1.82) is 0 Å². The second-order valence-electron chi connectivity index (χ2n) is 21.1. The first-order chi connectivity index (χ1) is 35.8. The van der Waals surface area contributed by atoms with E-state index in [2.05, 4.69) is 31.3 Å². The number of allylic oxidation sites excluding steroid dienone is 2. The molecule has 74 heavy (non-hydrogen) atoms. The van der Waals surface area contributed by atoms with E-state index in [1.54, 1.807) is 0 Å². The molecule has 436 valence electrons. The van der Waals surface area contributed by atoms with Gasteiger partial charge >= 0.3 is 0 Å². The van der Waals surface area contributed by atoms with E-state index in [1.807, 2.05) is 0 Å². The average Bonchev–Trinajstić information content (AvgIpc) is 3.40. The van der Waals surface area contributed by atoms with E-state index in [-0.39, 0.29) is 18.9 Å². The zero-order valence-electron chi connectivity index (χ0n) is 45.1. The number of aliphatic hydroxyl groups excluding tert-OH is 11. The van der Waals surface area contributed by atoms with Crippen LogP contribution in [0.1, 0.15) is 200 Å². The van der Waals surface area contributed by atoms with Gasteiger partial charge in [0.05, 0.1) is 38.6 Å². The molecule has 19 heteroatoms. The van der Waals surface area contributed by atoms with Crippen molar-refractivity contribution in [2.75, 3.05) is 26.4 Å². The molecule has 17 atom stereocenters. The maximum absolute atomic E-state index is 13.3. The molecule has 3 saturated heterocycles. The number of nitrogens with one attached hydrogen (secondary N) is 1. The summed E-state index contributed by atoms with van der Waals surface area (Å²) in [5.41, 5.74) is 0. The summed E-state index contributed by atoms with van der Waals surface area (Å²) in [5.74, 6) is -0.252. The molecular formula is C55H103NO18. The van der Waals surface area contributed by atoms with Gasteiger partial charge in [-0.1, -0.05) is 167 Å². The Balaban J connectivity index is 1.52. The summed E-state index contributed by atoms with van der Waals surface area (Å²) in [6, 6.07) is -0.886. The number of ether oxygens (including phenoxy) is 6. The first-order valence-corrected chi connectivity index (χ1v) is 28.9. The molecule has 1 amide bonds. The van der Waals surface area contributed by atoms with Gasteiger partial charge in [-0.05, 0) is 38.5 Å². The van der Waals surface area contributed by atoms with Gasteiger partial charge in [0.2, 0.25) is 5.91 Å². The molecule has 0 radical (unpaired) electrons. The Hall–Kier alpha value is -1.47. The number of carbonyl (C=O) groups is 1.